The van der Waals surface area contributed by atoms with Crippen molar-refractivity contribution in [1.29, 1.82) is 0 Å². The molecular formula is C58H33NS2. The molecule has 14 rings (SSSR count). The molecule has 0 amide bonds. The smallest absolute Gasteiger partial charge is 0.0555 e. The molecule has 14 aromatic rings. The van der Waals surface area contributed by atoms with Crippen molar-refractivity contribution in [2.45, 2.75) is 0 Å². The summed E-state index contributed by atoms with van der Waals surface area (Å²) in [5.41, 5.74) is 8.77. The molecule has 0 aliphatic heterocycles. The van der Waals surface area contributed by atoms with E-state index in [0.717, 1.165) is 0 Å². The van der Waals surface area contributed by atoms with Crippen molar-refractivity contribution in [3.63, 3.8) is 0 Å². The number of thiophene rings is 2. The summed E-state index contributed by atoms with van der Waals surface area (Å²) in [6, 6.07) is 74.9. The lowest BCUT2D eigenvalue weighted by atomic mass is 9.86. The third-order valence-corrected chi connectivity index (χ3v) is 15.4. The van der Waals surface area contributed by atoms with Crippen LogP contribution in [0.3, 0.4) is 0 Å². The molecule has 0 N–H and O–H groups in total. The molecule has 61 heavy (non-hydrogen) atoms. The second kappa shape index (κ2) is 12.6. The molecule has 0 spiro atoms. The minimum Gasteiger partial charge on any atom is -0.309 e. The van der Waals surface area contributed by atoms with E-state index in [1.807, 2.05) is 22.7 Å². The first-order valence-corrected chi connectivity index (χ1v) is 22.5. The number of para-hydroxylation sites is 2. The molecule has 0 bridgehead atoms. The van der Waals surface area contributed by atoms with Crippen LogP contribution in [-0.2, 0) is 0 Å². The van der Waals surface area contributed by atoms with Gasteiger partial charge in [0.2, 0.25) is 0 Å². The van der Waals surface area contributed by atoms with Gasteiger partial charge < -0.3 is 4.57 Å². The van der Waals surface area contributed by atoms with Crippen molar-refractivity contribution in [2.24, 2.45) is 0 Å². The predicted octanol–water partition coefficient (Wildman–Crippen LogP) is 17.5. The van der Waals surface area contributed by atoms with Gasteiger partial charge in [-0.25, -0.2) is 0 Å². The number of fused-ring (bicyclic) bond motifs is 14. The summed E-state index contributed by atoms with van der Waals surface area (Å²) in [5, 5.41) is 18.2. The fourth-order valence-corrected chi connectivity index (χ4v) is 12.8. The molecule has 11 aromatic carbocycles. The van der Waals surface area contributed by atoms with Crippen LogP contribution in [0.1, 0.15) is 0 Å². The number of rotatable bonds is 3. The van der Waals surface area contributed by atoms with Gasteiger partial charge in [0, 0.05) is 56.8 Å². The monoisotopic (exact) mass is 807 g/mol. The van der Waals surface area contributed by atoms with Gasteiger partial charge in [0.1, 0.15) is 0 Å². The van der Waals surface area contributed by atoms with Crippen LogP contribution >= 0.6 is 22.7 Å². The van der Waals surface area contributed by atoms with Crippen molar-refractivity contribution < 1.29 is 0 Å². The number of aromatic nitrogens is 1. The van der Waals surface area contributed by atoms with Gasteiger partial charge in [-0.1, -0.05) is 146 Å². The molecule has 3 heterocycles. The Morgan fingerprint density at radius 1 is 0.262 bits per heavy atom. The minimum atomic E-state index is 1.19. The van der Waals surface area contributed by atoms with Crippen LogP contribution in [-0.4, -0.2) is 4.57 Å². The first kappa shape index (κ1) is 33.5. The quantitative estimate of drug-likeness (QED) is 0.124. The van der Waals surface area contributed by atoms with E-state index in [4.69, 9.17) is 0 Å². The summed E-state index contributed by atoms with van der Waals surface area (Å²) >= 11 is 3.81. The van der Waals surface area contributed by atoms with Crippen LogP contribution in [0.25, 0.3) is 133 Å². The summed E-state index contributed by atoms with van der Waals surface area (Å²) in [7, 11) is 0. The molecule has 0 atom stereocenters. The number of hydrogen-bond acceptors (Lipinski definition) is 2. The highest BCUT2D eigenvalue weighted by Gasteiger charge is 2.20. The molecule has 3 aromatic heterocycles. The Hall–Kier alpha value is -7.30. The zero-order chi connectivity index (χ0) is 39.8. The Bertz CT molecular complexity index is 4110. The zero-order valence-electron chi connectivity index (χ0n) is 32.8. The Balaban J connectivity index is 0.957. The van der Waals surface area contributed by atoms with Gasteiger partial charge in [-0.05, 0) is 120 Å². The second-order valence-electron chi connectivity index (χ2n) is 16.4. The summed E-state index contributed by atoms with van der Waals surface area (Å²) < 4.78 is 7.69. The maximum Gasteiger partial charge on any atom is 0.0555 e. The molecule has 0 aliphatic carbocycles. The lowest BCUT2D eigenvalue weighted by molar-refractivity contribution is 1.18. The third kappa shape index (κ3) is 4.82. The SMILES string of the molecule is c1ccc(-n2c3ccccc3c3cc4c(cc32)sc2cc(-c3c5ccccc5c(-c5ccc6c(c5)sc5cc7ccc8ccccc8c7cc56)c5ccccc35)ccc24)cc1. The molecule has 1 nitrogen and oxygen atoms in total. The van der Waals surface area contributed by atoms with Crippen molar-refractivity contribution in [3.05, 3.63) is 200 Å². The topological polar surface area (TPSA) is 4.93 Å². The lowest BCUT2D eigenvalue weighted by Crippen LogP contribution is -1.92. The fourth-order valence-electron chi connectivity index (χ4n) is 10.4. The van der Waals surface area contributed by atoms with E-state index in [1.165, 1.54) is 133 Å². The van der Waals surface area contributed by atoms with Crippen LogP contribution in [0, 0.1) is 0 Å². The van der Waals surface area contributed by atoms with Crippen molar-refractivity contribution in [3.8, 4) is 27.9 Å². The van der Waals surface area contributed by atoms with Crippen LogP contribution in [0.4, 0.5) is 0 Å². The van der Waals surface area contributed by atoms with E-state index in [1.54, 1.807) is 0 Å². The molecular weight excluding hydrogens is 775 g/mol. The van der Waals surface area contributed by atoms with E-state index in [2.05, 4.69) is 205 Å². The lowest BCUT2D eigenvalue weighted by Gasteiger charge is -2.18. The maximum atomic E-state index is 2.44. The highest BCUT2D eigenvalue weighted by Crippen LogP contribution is 2.48. The van der Waals surface area contributed by atoms with Crippen molar-refractivity contribution in [1.82, 2.24) is 4.57 Å². The van der Waals surface area contributed by atoms with Gasteiger partial charge >= 0.3 is 0 Å². The van der Waals surface area contributed by atoms with Crippen LogP contribution in [0.15, 0.2) is 200 Å². The standard InChI is InChI=1S/C58H33NS2/c1-2-13-38(14-3-1)59-51-21-11-10-16-40(51)48-32-50-42-27-25-37(30-54(42)61-56(50)33-52(48)59)58-45-19-8-6-17-43(45)57(44-18-7-9-20-46(44)58)36-24-26-41-49-31-47-35(28-55(49)60-53(41)29-36)23-22-34-12-4-5-15-39(34)47/h1-33H. The Morgan fingerprint density at radius 2 is 0.754 bits per heavy atom. The van der Waals surface area contributed by atoms with Gasteiger partial charge in [-0.3, -0.25) is 0 Å². The summed E-state index contributed by atoms with van der Waals surface area (Å²) in [4.78, 5) is 0. The number of nitrogens with zero attached hydrogens (tertiary/aromatic N) is 1. The zero-order valence-corrected chi connectivity index (χ0v) is 34.4. The van der Waals surface area contributed by atoms with E-state index in [0.29, 0.717) is 0 Å². The molecule has 0 aliphatic rings. The van der Waals surface area contributed by atoms with Gasteiger partial charge in [0.05, 0.1) is 11.0 Å². The number of benzene rings is 11. The molecule has 0 radical (unpaired) electrons. The first-order valence-electron chi connectivity index (χ1n) is 20.9. The molecule has 0 saturated heterocycles. The first-order chi connectivity index (χ1) is 30.2. The number of hydrogen-bond donors (Lipinski definition) is 0. The Labute approximate surface area is 358 Å². The van der Waals surface area contributed by atoms with Gasteiger partial charge in [0.15, 0.2) is 0 Å². The van der Waals surface area contributed by atoms with E-state index < -0.39 is 0 Å². The molecule has 0 saturated carbocycles. The average molecular weight is 808 g/mol. The van der Waals surface area contributed by atoms with Crippen LogP contribution in [0.5, 0.6) is 0 Å². The Kier molecular flexibility index (Phi) is 6.93. The van der Waals surface area contributed by atoms with Crippen LogP contribution in [0.2, 0.25) is 0 Å². The summed E-state index contributed by atoms with van der Waals surface area (Å²) in [6.07, 6.45) is 0. The van der Waals surface area contributed by atoms with E-state index in [-0.39, 0.29) is 0 Å². The fraction of sp³-hybridized carbons (Fsp3) is 0. The largest absolute Gasteiger partial charge is 0.309 e. The average Bonchev–Trinajstić information content (AvgIpc) is 3.97. The van der Waals surface area contributed by atoms with E-state index in [9.17, 15) is 0 Å². The summed E-state index contributed by atoms with van der Waals surface area (Å²) in [5.74, 6) is 0. The van der Waals surface area contributed by atoms with Gasteiger partial charge in [-0.15, -0.1) is 22.7 Å². The maximum absolute atomic E-state index is 2.44. The Morgan fingerprint density at radius 3 is 1.39 bits per heavy atom. The summed E-state index contributed by atoms with van der Waals surface area (Å²) in [6.45, 7) is 0. The van der Waals surface area contributed by atoms with Gasteiger partial charge in [-0.2, -0.15) is 0 Å². The van der Waals surface area contributed by atoms with Gasteiger partial charge in [0.25, 0.3) is 0 Å². The second-order valence-corrected chi connectivity index (χ2v) is 18.5. The highest BCUT2D eigenvalue weighted by atomic mass is 32.1. The van der Waals surface area contributed by atoms with Crippen LogP contribution < -0.4 is 0 Å². The predicted molar refractivity (Wildman–Crippen MR) is 267 cm³/mol. The normalized spacial score (nSPS) is 12.3. The molecule has 3 heteroatoms. The van der Waals surface area contributed by atoms with Crippen molar-refractivity contribution in [2.75, 3.05) is 0 Å². The molecule has 0 unspecified atom stereocenters. The third-order valence-electron chi connectivity index (χ3n) is 13.1. The van der Waals surface area contributed by atoms with Crippen molar-refractivity contribution >= 4 is 128 Å². The minimum absolute atomic E-state index is 1.19. The molecule has 0 fully saturated rings. The highest BCUT2D eigenvalue weighted by molar-refractivity contribution is 7.26. The van der Waals surface area contributed by atoms with E-state index >= 15 is 0 Å². The molecule has 282 valence electrons.